The monoisotopic (exact) mass is 310 g/mol. The van der Waals surface area contributed by atoms with Crippen LogP contribution in [0.4, 0.5) is 0 Å². The fourth-order valence-electron chi connectivity index (χ4n) is 2.55. The first-order valence-corrected chi connectivity index (χ1v) is 7.87. The lowest BCUT2D eigenvalue weighted by Gasteiger charge is -2.07. The van der Waals surface area contributed by atoms with E-state index in [0.717, 1.165) is 36.7 Å². The van der Waals surface area contributed by atoms with Crippen molar-refractivity contribution >= 4 is 0 Å². The summed E-state index contributed by atoms with van der Waals surface area (Å²) in [6.45, 7) is 4.21. The highest BCUT2D eigenvalue weighted by atomic mass is 16.5. The fourth-order valence-corrected chi connectivity index (χ4v) is 2.55. The molecule has 0 unspecified atom stereocenters. The number of benzene rings is 1. The Hall–Kier alpha value is -2.40. The van der Waals surface area contributed by atoms with Gasteiger partial charge in [0.1, 0.15) is 5.69 Å². The summed E-state index contributed by atoms with van der Waals surface area (Å²) in [7, 11) is 1.97. The molecular weight excluding hydrogens is 288 g/mol. The standard InChI is InChI=1S/C18H22N4O/c1-15-11-18(17-12-21(2)14-19-17)22(20-15)9-6-10-23-13-16-7-4-3-5-8-16/h3-5,7-8,11-12,14H,6,9-10,13H2,1-2H3. The van der Waals surface area contributed by atoms with E-state index in [2.05, 4.69) is 28.3 Å². The number of hydrogen-bond donors (Lipinski definition) is 0. The Kier molecular flexibility index (Phi) is 4.88. The van der Waals surface area contributed by atoms with Gasteiger partial charge in [0.25, 0.3) is 0 Å². The SMILES string of the molecule is Cc1cc(-c2cn(C)cn2)n(CCCOCc2ccccc2)n1. The molecular formula is C18H22N4O. The topological polar surface area (TPSA) is 44.9 Å². The van der Waals surface area contributed by atoms with E-state index in [0.29, 0.717) is 6.61 Å². The molecule has 5 nitrogen and oxygen atoms in total. The van der Waals surface area contributed by atoms with Crippen LogP contribution in [0.3, 0.4) is 0 Å². The van der Waals surface area contributed by atoms with Crippen LogP contribution in [-0.2, 0) is 24.9 Å². The first-order valence-electron chi connectivity index (χ1n) is 7.87. The molecule has 120 valence electrons. The Morgan fingerprint density at radius 2 is 2.00 bits per heavy atom. The van der Waals surface area contributed by atoms with Gasteiger partial charge in [-0.2, -0.15) is 5.10 Å². The number of ether oxygens (including phenoxy) is 1. The Balaban J connectivity index is 1.52. The van der Waals surface area contributed by atoms with Crippen molar-refractivity contribution in [1.29, 1.82) is 0 Å². The van der Waals surface area contributed by atoms with Crippen molar-refractivity contribution in [2.24, 2.45) is 7.05 Å². The second-order valence-electron chi connectivity index (χ2n) is 5.71. The van der Waals surface area contributed by atoms with Crippen LogP contribution in [0.15, 0.2) is 48.9 Å². The van der Waals surface area contributed by atoms with Gasteiger partial charge in [-0.3, -0.25) is 4.68 Å². The lowest BCUT2D eigenvalue weighted by atomic mass is 10.2. The molecule has 2 heterocycles. The van der Waals surface area contributed by atoms with Crippen molar-refractivity contribution in [3.8, 4) is 11.4 Å². The van der Waals surface area contributed by atoms with Gasteiger partial charge in [-0.05, 0) is 25.0 Å². The van der Waals surface area contributed by atoms with Gasteiger partial charge in [-0.15, -0.1) is 0 Å². The maximum atomic E-state index is 5.74. The van der Waals surface area contributed by atoms with E-state index in [-0.39, 0.29) is 0 Å². The van der Waals surface area contributed by atoms with E-state index in [4.69, 9.17) is 4.74 Å². The summed E-state index contributed by atoms with van der Waals surface area (Å²) in [5.41, 5.74) is 4.23. The number of nitrogens with zero attached hydrogens (tertiary/aromatic N) is 4. The molecule has 0 aliphatic rings. The maximum absolute atomic E-state index is 5.74. The quantitative estimate of drug-likeness (QED) is 0.630. The summed E-state index contributed by atoms with van der Waals surface area (Å²) in [6.07, 6.45) is 4.75. The average molecular weight is 310 g/mol. The summed E-state index contributed by atoms with van der Waals surface area (Å²) >= 11 is 0. The van der Waals surface area contributed by atoms with Gasteiger partial charge in [0.05, 0.1) is 24.3 Å². The van der Waals surface area contributed by atoms with Crippen LogP contribution in [0, 0.1) is 6.92 Å². The molecule has 23 heavy (non-hydrogen) atoms. The van der Waals surface area contributed by atoms with Gasteiger partial charge in [-0.25, -0.2) is 4.98 Å². The predicted octanol–water partition coefficient (Wildman–Crippen LogP) is 3.20. The Morgan fingerprint density at radius 3 is 2.74 bits per heavy atom. The molecule has 0 saturated carbocycles. The summed E-state index contributed by atoms with van der Waals surface area (Å²) in [6, 6.07) is 12.3. The minimum absolute atomic E-state index is 0.659. The van der Waals surface area contributed by atoms with E-state index >= 15 is 0 Å². The lowest BCUT2D eigenvalue weighted by molar-refractivity contribution is 0.115. The predicted molar refractivity (Wildman–Crippen MR) is 89.9 cm³/mol. The second-order valence-corrected chi connectivity index (χ2v) is 5.71. The molecule has 5 heteroatoms. The lowest BCUT2D eigenvalue weighted by Crippen LogP contribution is -2.06. The first-order chi connectivity index (χ1) is 11.2. The highest BCUT2D eigenvalue weighted by Gasteiger charge is 2.10. The number of aromatic nitrogens is 4. The van der Waals surface area contributed by atoms with Gasteiger partial charge in [-0.1, -0.05) is 30.3 Å². The molecule has 0 amide bonds. The van der Waals surface area contributed by atoms with Crippen molar-refractivity contribution in [2.75, 3.05) is 6.61 Å². The maximum Gasteiger partial charge on any atom is 0.106 e. The van der Waals surface area contributed by atoms with Crippen LogP contribution in [-0.4, -0.2) is 25.9 Å². The van der Waals surface area contributed by atoms with Gasteiger partial charge >= 0.3 is 0 Å². The second kappa shape index (κ2) is 7.24. The molecule has 0 aliphatic heterocycles. The molecule has 3 rings (SSSR count). The van der Waals surface area contributed by atoms with Crippen LogP contribution < -0.4 is 0 Å². The van der Waals surface area contributed by atoms with Gasteiger partial charge in [0.2, 0.25) is 0 Å². The van der Waals surface area contributed by atoms with Crippen molar-refractivity contribution in [2.45, 2.75) is 26.5 Å². The molecule has 0 bridgehead atoms. The largest absolute Gasteiger partial charge is 0.377 e. The number of aryl methyl sites for hydroxylation is 3. The zero-order valence-corrected chi connectivity index (χ0v) is 13.6. The molecule has 0 spiro atoms. The molecule has 0 saturated heterocycles. The molecule has 0 fully saturated rings. The van der Waals surface area contributed by atoms with E-state index in [1.807, 2.05) is 53.9 Å². The number of imidazole rings is 1. The van der Waals surface area contributed by atoms with Crippen LogP contribution >= 0.6 is 0 Å². The van der Waals surface area contributed by atoms with E-state index < -0.39 is 0 Å². The first kappa shape index (κ1) is 15.5. The van der Waals surface area contributed by atoms with E-state index in [1.165, 1.54) is 5.56 Å². The smallest absolute Gasteiger partial charge is 0.106 e. The van der Waals surface area contributed by atoms with Crippen molar-refractivity contribution in [1.82, 2.24) is 19.3 Å². The molecule has 0 atom stereocenters. The van der Waals surface area contributed by atoms with Crippen LogP contribution in [0.5, 0.6) is 0 Å². The number of hydrogen-bond acceptors (Lipinski definition) is 3. The summed E-state index contributed by atoms with van der Waals surface area (Å²) in [4.78, 5) is 4.41. The third kappa shape index (κ3) is 4.07. The molecule has 2 aromatic heterocycles. The highest BCUT2D eigenvalue weighted by molar-refractivity contribution is 5.54. The third-order valence-electron chi connectivity index (χ3n) is 3.64. The van der Waals surface area contributed by atoms with Gasteiger partial charge in [0.15, 0.2) is 0 Å². The molecule has 0 radical (unpaired) electrons. The molecule has 0 N–H and O–H groups in total. The Labute approximate surface area is 136 Å². The molecule has 1 aromatic carbocycles. The average Bonchev–Trinajstić information content (AvgIpc) is 3.14. The Morgan fingerprint density at radius 1 is 1.17 bits per heavy atom. The highest BCUT2D eigenvalue weighted by Crippen LogP contribution is 2.18. The zero-order valence-electron chi connectivity index (χ0n) is 13.6. The number of rotatable bonds is 7. The minimum Gasteiger partial charge on any atom is -0.377 e. The normalized spacial score (nSPS) is 11.0. The summed E-state index contributed by atoms with van der Waals surface area (Å²) < 4.78 is 9.70. The van der Waals surface area contributed by atoms with Gasteiger partial charge in [0, 0.05) is 26.4 Å². The minimum atomic E-state index is 0.659. The Bertz CT molecular complexity index is 745. The summed E-state index contributed by atoms with van der Waals surface area (Å²) in [5.74, 6) is 0. The van der Waals surface area contributed by atoms with Crippen LogP contribution in [0.2, 0.25) is 0 Å². The van der Waals surface area contributed by atoms with E-state index in [1.54, 1.807) is 0 Å². The van der Waals surface area contributed by atoms with Crippen molar-refractivity contribution < 1.29 is 4.74 Å². The fraction of sp³-hybridized carbons (Fsp3) is 0.333. The zero-order chi connectivity index (χ0) is 16.1. The van der Waals surface area contributed by atoms with Crippen molar-refractivity contribution in [3.05, 3.63) is 60.2 Å². The molecule has 0 aliphatic carbocycles. The van der Waals surface area contributed by atoms with Crippen molar-refractivity contribution in [3.63, 3.8) is 0 Å². The molecule has 3 aromatic rings. The van der Waals surface area contributed by atoms with E-state index in [9.17, 15) is 0 Å². The van der Waals surface area contributed by atoms with Gasteiger partial charge < -0.3 is 9.30 Å². The third-order valence-corrected chi connectivity index (χ3v) is 3.64. The van der Waals surface area contributed by atoms with Crippen LogP contribution in [0.1, 0.15) is 17.7 Å². The van der Waals surface area contributed by atoms with Crippen LogP contribution in [0.25, 0.3) is 11.4 Å². The summed E-state index contributed by atoms with van der Waals surface area (Å²) in [5, 5.41) is 4.56.